The number of hydrogen-bond donors (Lipinski definition) is 2. The molecule has 1 aromatic carbocycles. The van der Waals surface area contributed by atoms with E-state index in [4.69, 9.17) is 4.74 Å². The minimum atomic E-state index is -0.860. The maximum absolute atomic E-state index is 11.7. The third-order valence-electron chi connectivity index (χ3n) is 3.59. The van der Waals surface area contributed by atoms with Crippen molar-refractivity contribution < 1.29 is 23.9 Å². The molecule has 9 heteroatoms. The summed E-state index contributed by atoms with van der Waals surface area (Å²) in [5.74, 6) is -0.296. The van der Waals surface area contributed by atoms with Crippen LogP contribution < -0.4 is 10.6 Å². The maximum atomic E-state index is 11.7. The lowest BCUT2D eigenvalue weighted by Crippen LogP contribution is -2.33. The number of thioether (sulfide) groups is 1. The van der Waals surface area contributed by atoms with Gasteiger partial charge in [-0.25, -0.2) is 9.59 Å². The van der Waals surface area contributed by atoms with Crippen molar-refractivity contribution >= 4 is 40.8 Å². The van der Waals surface area contributed by atoms with Gasteiger partial charge in [0.1, 0.15) is 0 Å². The summed E-state index contributed by atoms with van der Waals surface area (Å²) in [5, 5.41) is 3.92. The van der Waals surface area contributed by atoms with Crippen LogP contribution in [0.15, 0.2) is 24.3 Å². The molecule has 1 heterocycles. The Kier molecular flexibility index (Phi) is 6.40. The van der Waals surface area contributed by atoms with E-state index < -0.39 is 17.4 Å². The first-order chi connectivity index (χ1) is 11.9. The molecule has 1 aliphatic heterocycles. The zero-order valence-electron chi connectivity index (χ0n) is 13.9. The number of nitrogens with zero attached hydrogens (tertiary/aromatic N) is 1. The monoisotopic (exact) mass is 365 g/mol. The van der Waals surface area contributed by atoms with Gasteiger partial charge < -0.3 is 9.64 Å². The predicted octanol–water partition coefficient (Wildman–Crippen LogP) is 2.59. The van der Waals surface area contributed by atoms with Crippen molar-refractivity contribution in [2.24, 2.45) is 0 Å². The summed E-state index contributed by atoms with van der Waals surface area (Å²) in [5.41, 5.74) is 1.31. The van der Waals surface area contributed by atoms with Crippen LogP contribution in [0, 0.1) is 0 Å². The van der Waals surface area contributed by atoms with Crippen LogP contribution in [0.1, 0.15) is 19.4 Å². The highest BCUT2D eigenvalue weighted by Crippen LogP contribution is 2.23. The number of nitrogens with one attached hydrogen (secondary N) is 2. The molecule has 2 rings (SSSR count). The van der Waals surface area contributed by atoms with E-state index in [2.05, 4.69) is 10.6 Å². The lowest BCUT2D eigenvalue weighted by atomic mass is 10.1. The third-order valence-corrected chi connectivity index (χ3v) is 4.57. The van der Waals surface area contributed by atoms with Gasteiger partial charge in [-0.1, -0.05) is 23.9 Å². The predicted molar refractivity (Wildman–Crippen MR) is 93.5 cm³/mol. The summed E-state index contributed by atoms with van der Waals surface area (Å²) in [6.45, 7) is 4.48. The van der Waals surface area contributed by atoms with Crippen LogP contribution in [0.25, 0.3) is 0 Å². The Morgan fingerprint density at radius 1 is 1.20 bits per heavy atom. The molecule has 0 aliphatic carbocycles. The average molecular weight is 365 g/mol. The van der Waals surface area contributed by atoms with Crippen LogP contribution in [0.4, 0.5) is 20.1 Å². The molecule has 134 valence electrons. The number of imide groups is 1. The van der Waals surface area contributed by atoms with Gasteiger partial charge in [0.2, 0.25) is 5.91 Å². The molecule has 1 aliphatic rings. The highest BCUT2D eigenvalue weighted by Gasteiger charge is 2.31. The quantitative estimate of drug-likeness (QED) is 0.777. The number of amides is 4. The molecule has 0 spiro atoms. The van der Waals surface area contributed by atoms with Crippen molar-refractivity contribution in [2.75, 3.05) is 18.4 Å². The molecule has 1 atom stereocenters. The smallest absolute Gasteiger partial charge is 0.359 e. The minimum absolute atomic E-state index is 0.296. The lowest BCUT2D eigenvalue weighted by Gasteiger charge is -2.17. The molecule has 1 fully saturated rings. The number of benzene rings is 1. The van der Waals surface area contributed by atoms with Gasteiger partial charge in [0, 0.05) is 18.8 Å². The number of anilines is 1. The Morgan fingerprint density at radius 3 is 2.36 bits per heavy atom. The highest BCUT2D eigenvalue weighted by molar-refractivity contribution is 8.15. The first-order valence-corrected chi connectivity index (χ1v) is 8.69. The Labute approximate surface area is 149 Å². The van der Waals surface area contributed by atoms with Crippen molar-refractivity contribution in [3.05, 3.63) is 29.8 Å². The van der Waals surface area contributed by atoms with Gasteiger partial charge in [0.05, 0.1) is 5.25 Å². The first kappa shape index (κ1) is 18.8. The number of hydrogen-bond acceptors (Lipinski definition) is 6. The van der Waals surface area contributed by atoms with Crippen molar-refractivity contribution in [3.8, 4) is 0 Å². The van der Waals surface area contributed by atoms with E-state index in [-0.39, 0.29) is 11.1 Å². The van der Waals surface area contributed by atoms with Crippen LogP contribution >= 0.6 is 11.8 Å². The topological polar surface area (TPSA) is 105 Å². The number of carbonyl (C=O) groups excluding carboxylic acids is 4. The van der Waals surface area contributed by atoms with Crippen LogP contribution in [-0.2, 0) is 16.0 Å². The SMILES string of the molecule is CCN(CC)C(=O)OC(=O)Nc1ccc(CC2SC(=O)NC2=O)cc1. The number of rotatable bonds is 5. The molecule has 4 amide bonds. The third kappa shape index (κ3) is 5.21. The number of carbonyl (C=O) groups is 4. The summed E-state index contributed by atoms with van der Waals surface area (Å²) in [6, 6.07) is 6.74. The van der Waals surface area contributed by atoms with Crippen molar-refractivity contribution in [1.29, 1.82) is 0 Å². The van der Waals surface area contributed by atoms with E-state index in [9.17, 15) is 19.2 Å². The zero-order chi connectivity index (χ0) is 18.4. The Hall–Kier alpha value is -2.55. The van der Waals surface area contributed by atoms with Crippen LogP contribution in [0.3, 0.4) is 0 Å². The van der Waals surface area contributed by atoms with Gasteiger partial charge >= 0.3 is 12.2 Å². The minimum Gasteiger partial charge on any atom is -0.359 e. The Morgan fingerprint density at radius 2 is 1.84 bits per heavy atom. The largest absolute Gasteiger partial charge is 0.420 e. The molecule has 1 aromatic rings. The normalized spacial score (nSPS) is 16.3. The molecule has 2 N–H and O–H groups in total. The van der Waals surface area contributed by atoms with Gasteiger partial charge in [-0.15, -0.1) is 0 Å². The van der Waals surface area contributed by atoms with E-state index in [1.54, 1.807) is 38.1 Å². The van der Waals surface area contributed by atoms with Gasteiger partial charge in [-0.2, -0.15) is 0 Å². The van der Waals surface area contributed by atoms with E-state index in [1.807, 2.05) is 0 Å². The van der Waals surface area contributed by atoms with Gasteiger partial charge in [-0.05, 0) is 38.0 Å². The standard InChI is InChI=1S/C16H19N3O5S/c1-3-19(4-2)16(23)24-14(21)17-11-7-5-10(6-8-11)9-12-13(20)18-15(22)25-12/h5-8,12H,3-4,9H2,1-2H3,(H,17,21)(H,18,20,22). The summed E-state index contributed by atoms with van der Waals surface area (Å²) >= 11 is 0.966. The summed E-state index contributed by atoms with van der Waals surface area (Å²) < 4.78 is 4.71. The van der Waals surface area contributed by atoms with E-state index >= 15 is 0 Å². The van der Waals surface area contributed by atoms with Gasteiger partial charge in [-0.3, -0.25) is 20.2 Å². The molecule has 1 unspecified atom stereocenters. The molecule has 0 aromatic heterocycles. The Balaban J connectivity index is 1.87. The molecule has 1 saturated heterocycles. The van der Waals surface area contributed by atoms with Crippen molar-refractivity contribution in [1.82, 2.24) is 10.2 Å². The number of ether oxygens (including phenoxy) is 1. The first-order valence-electron chi connectivity index (χ1n) is 7.81. The highest BCUT2D eigenvalue weighted by atomic mass is 32.2. The zero-order valence-corrected chi connectivity index (χ0v) is 14.7. The second kappa shape index (κ2) is 8.52. The van der Waals surface area contributed by atoms with E-state index in [0.717, 1.165) is 17.3 Å². The summed E-state index contributed by atoms with van der Waals surface area (Å²) in [6.07, 6.45) is -1.15. The maximum Gasteiger partial charge on any atom is 0.420 e. The van der Waals surface area contributed by atoms with Crippen LogP contribution in [0.5, 0.6) is 0 Å². The van der Waals surface area contributed by atoms with Crippen LogP contribution in [-0.4, -0.2) is 46.6 Å². The summed E-state index contributed by atoms with van der Waals surface area (Å²) in [4.78, 5) is 47.5. The molecule has 0 radical (unpaired) electrons. The molecule has 0 bridgehead atoms. The average Bonchev–Trinajstić information content (AvgIpc) is 2.87. The molecular formula is C16H19N3O5S. The fourth-order valence-electron chi connectivity index (χ4n) is 2.23. The summed E-state index contributed by atoms with van der Waals surface area (Å²) in [7, 11) is 0. The fourth-order valence-corrected chi connectivity index (χ4v) is 3.09. The Bertz CT molecular complexity index is 673. The van der Waals surface area contributed by atoms with E-state index in [1.165, 1.54) is 4.90 Å². The van der Waals surface area contributed by atoms with Gasteiger partial charge in [0.15, 0.2) is 0 Å². The second-order valence-electron chi connectivity index (χ2n) is 5.24. The van der Waals surface area contributed by atoms with Crippen molar-refractivity contribution in [3.63, 3.8) is 0 Å². The second-order valence-corrected chi connectivity index (χ2v) is 6.41. The molecule has 8 nitrogen and oxygen atoms in total. The molecular weight excluding hydrogens is 346 g/mol. The molecule has 0 saturated carbocycles. The van der Waals surface area contributed by atoms with Crippen molar-refractivity contribution in [2.45, 2.75) is 25.5 Å². The van der Waals surface area contributed by atoms with E-state index in [0.29, 0.717) is 25.2 Å². The van der Waals surface area contributed by atoms with Gasteiger partial charge in [0.25, 0.3) is 5.24 Å². The lowest BCUT2D eigenvalue weighted by molar-refractivity contribution is -0.118. The van der Waals surface area contributed by atoms with Crippen LogP contribution in [0.2, 0.25) is 0 Å². The molecule has 25 heavy (non-hydrogen) atoms. The fraction of sp³-hybridized carbons (Fsp3) is 0.375.